The Hall–Kier alpha value is -1.63. The molecule has 1 aliphatic heterocycles. The number of rotatable bonds is 3. The molecule has 2 heterocycles. The van der Waals surface area contributed by atoms with E-state index >= 15 is 0 Å². The van der Waals surface area contributed by atoms with Crippen molar-refractivity contribution in [2.24, 2.45) is 0 Å². The third kappa shape index (κ3) is 3.71. The van der Waals surface area contributed by atoms with Crippen molar-refractivity contribution in [3.63, 3.8) is 0 Å². The van der Waals surface area contributed by atoms with Crippen LogP contribution in [0.15, 0.2) is 4.52 Å². The highest BCUT2D eigenvalue weighted by Crippen LogP contribution is 2.40. The number of ether oxygens (including phenoxy) is 1. The second-order valence-electron chi connectivity index (χ2n) is 7.98. The first kappa shape index (κ1) is 17.2. The summed E-state index contributed by atoms with van der Waals surface area (Å²) in [7, 11) is 0. The van der Waals surface area contributed by atoms with E-state index in [0.29, 0.717) is 12.4 Å². The number of hydrogen-bond donors (Lipinski definition) is 1. The lowest BCUT2D eigenvalue weighted by Gasteiger charge is -2.45. The average Bonchev–Trinajstić information content (AvgIpc) is 2.88. The molecule has 1 N–H and O–H groups in total. The standard InChI is InChI=1S/C17H28N4O3/c1-12-18-14(20-24-12)17(8-6-9-17)19-13-7-5-10-21(11-13)15(22)23-16(2,3)4/h13,19H,5-11H2,1-4H3/t13-/m0/s1. The van der Waals surface area contributed by atoms with Crippen LogP contribution in [0.4, 0.5) is 4.79 Å². The monoisotopic (exact) mass is 336 g/mol. The van der Waals surface area contributed by atoms with Crippen LogP contribution in [0.3, 0.4) is 0 Å². The molecule has 0 bridgehead atoms. The summed E-state index contributed by atoms with van der Waals surface area (Å²) in [6.07, 6.45) is 4.95. The molecule has 1 aromatic rings. The lowest BCUT2D eigenvalue weighted by Crippen LogP contribution is -2.58. The van der Waals surface area contributed by atoms with Crippen molar-refractivity contribution < 1.29 is 14.1 Å². The second-order valence-corrected chi connectivity index (χ2v) is 7.98. The van der Waals surface area contributed by atoms with Crippen molar-refractivity contribution in [3.8, 4) is 0 Å². The van der Waals surface area contributed by atoms with Crippen LogP contribution in [0.25, 0.3) is 0 Å². The van der Waals surface area contributed by atoms with Gasteiger partial charge in [-0.25, -0.2) is 4.79 Å². The van der Waals surface area contributed by atoms with Gasteiger partial charge in [0, 0.05) is 26.1 Å². The van der Waals surface area contributed by atoms with Gasteiger partial charge >= 0.3 is 6.09 Å². The molecule has 134 valence electrons. The number of amides is 1. The predicted molar refractivity (Wildman–Crippen MR) is 88.5 cm³/mol. The molecular formula is C17H28N4O3. The fourth-order valence-electron chi connectivity index (χ4n) is 3.43. The molecule has 1 aliphatic carbocycles. The average molecular weight is 336 g/mol. The summed E-state index contributed by atoms with van der Waals surface area (Å²) < 4.78 is 10.7. The van der Waals surface area contributed by atoms with Crippen molar-refractivity contribution in [2.75, 3.05) is 13.1 Å². The fourth-order valence-corrected chi connectivity index (χ4v) is 3.43. The Labute approximate surface area is 143 Å². The summed E-state index contributed by atoms with van der Waals surface area (Å²) in [5.41, 5.74) is -0.659. The number of carbonyl (C=O) groups excluding carboxylic acids is 1. The summed E-state index contributed by atoms with van der Waals surface area (Å²) >= 11 is 0. The van der Waals surface area contributed by atoms with Crippen LogP contribution in [-0.2, 0) is 10.3 Å². The third-order valence-electron chi connectivity index (χ3n) is 4.72. The van der Waals surface area contributed by atoms with Gasteiger partial charge in [-0.05, 0) is 52.9 Å². The largest absolute Gasteiger partial charge is 0.444 e. The Morgan fingerprint density at radius 3 is 2.67 bits per heavy atom. The molecular weight excluding hydrogens is 308 g/mol. The second kappa shape index (κ2) is 6.35. The molecule has 0 radical (unpaired) electrons. The van der Waals surface area contributed by atoms with Crippen LogP contribution in [0, 0.1) is 6.92 Å². The number of piperidine rings is 1. The zero-order valence-corrected chi connectivity index (χ0v) is 15.1. The number of carbonyl (C=O) groups is 1. The number of nitrogens with one attached hydrogen (secondary N) is 1. The number of hydrogen-bond acceptors (Lipinski definition) is 6. The topological polar surface area (TPSA) is 80.5 Å². The zero-order valence-electron chi connectivity index (χ0n) is 15.1. The Morgan fingerprint density at radius 2 is 2.12 bits per heavy atom. The molecule has 2 aliphatic rings. The van der Waals surface area contributed by atoms with Crippen LogP contribution < -0.4 is 5.32 Å². The molecule has 7 heteroatoms. The Bertz CT molecular complexity index is 589. The molecule has 1 saturated heterocycles. The molecule has 3 rings (SSSR count). The number of likely N-dealkylation sites (tertiary alicyclic amines) is 1. The first-order valence-electron chi connectivity index (χ1n) is 8.84. The minimum absolute atomic E-state index is 0.195. The zero-order chi connectivity index (χ0) is 17.4. The summed E-state index contributed by atoms with van der Waals surface area (Å²) in [6, 6.07) is 0.227. The van der Waals surface area contributed by atoms with Crippen molar-refractivity contribution in [3.05, 3.63) is 11.7 Å². The minimum Gasteiger partial charge on any atom is -0.444 e. The lowest BCUT2D eigenvalue weighted by molar-refractivity contribution is 0.0151. The van der Waals surface area contributed by atoms with E-state index < -0.39 is 5.60 Å². The van der Waals surface area contributed by atoms with Gasteiger partial charge in [-0.1, -0.05) is 5.16 Å². The smallest absolute Gasteiger partial charge is 0.410 e. The molecule has 2 fully saturated rings. The highest BCUT2D eigenvalue weighted by Gasteiger charge is 2.44. The van der Waals surface area contributed by atoms with Crippen LogP contribution >= 0.6 is 0 Å². The van der Waals surface area contributed by atoms with E-state index in [0.717, 1.165) is 44.5 Å². The van der Waals surface area contributed by atoms with Crippen LogP contribution in [0.5, 0.6) is 0 Å². The molecule has 1 atom stereocenters. The van der Waals surface area contributed by atoms with E-state index in [4.69, 9.17) is 9.26 Å². The van der Waals surface area contributed by atoms with Gasteiger partial charge in [-0.3, -0.25) is 0 Å². The Kier molecular flexibility index (Phi) is 4.55. The molecule has 0 spiro atoms. The maximum Gasteiger partial charge on any atom is 0.410 e. The summed E-state index contributed by atoms with van der Waals surface area (Å²) in [4.78, 5) is 18.6. The van der Waals surface area contributed by atoms with E-state index in [2.05, 4.69) is 15.5 Å². The van der Waals surface area contributed by atoms with Crippen LogP contribution in [-0.4, -0.2) is 45.9 Å². The molecule has 0 aromatic carbocycles. The summed E-state index contributed by atoms with van der Waals surface area (Å²) in [5.74, 6) is 1.35. The van der Waals surface area contributed by atoms with E-state index in [1.54, 1.807) is 4.90 Å². The van der Waals surface area contributed by atoms with Gasteiger partial charge in [0.05, 0.1) is 5.54 Å². The third-order valence-corrected chi connectivity index (χ3v) is 4.72. The summed E-state index contributed by atoms with van der Waals surface area (Å²) in [5, 5.41) is 7.84. The summed E-state index contributed by atoms with van der Waals surface area (Å²) in [6.45, 7) is 8.91. The molecule has 24 heavy (non-hydrogen) atoms. The normalized spacial score (nSPS) is 23.7. The first-order valence-corrected chi connectivity index (χ1v) is 8.84. The number of aryl methyl sites for hydroxylation is 1. The minimum atomic E-state index is -0.463. The predicted octanol–water partition coefficient (Wildman–Crippen LogP) is 2.75. The van der Waals surface area contributed by atoms with Gasteiger partial charge in [0.2, 0.25) is 5.89 Å². The molecule has 7 nitrogen and oxygen atoms in total. The highest BCUT2D eigenvalue weighted by molar-refractivity contribution is 5.68. The van der Waals surface area contributed by atoms with Crippen molar-refractivity contribution in [1.29, 1.82) is 0 Å². The fraction of sp³-hybridized carbons (Fsp3) is 0.824. The van der Waals surface area contributed by atoms with Crippen LogP contribution in [0.2, 0.25) is 0 Å². The lowest BCUT2D eigenvalue weighted by atomic mass is 9.75. The van der Waals surface area contributed by atoms with Gasteiger partial charge in [-0.2, -0.15) is 4.98 Å². The van der Waals surface area contributed by atoms with E-state index in [-0.39, 0.29) is 17.7 Å². The maximum absolute atomic E-state index is 12.3. The Balaban J connectivity index is 1.63. The number of aromatic nitrogens is 2. The van der Waals surface area contributed by atoms with Crippen molar-refractivity contribution >= 4 is 6.09 Å². The number of nitrogens with zero attached hydrogens (tertiary/aromatic N) is 3. The van der Waals surface area contributed by atoms with Gasteiger partial charge < -0.3 is 19.5 Å². The maximum atomic E-state index is 12.3. The molecule has 1 aromatic heterocycles. The van der Waals surface area contributed by atoms with Crippen molar-refractivity contribution in [1.82, 2.24) is 20.4 Å². The molecule has 1 saturated carbocycles. The van der Waals surface area contributed by atoms with Crippen molar-refractivity contribution in [2.45, 2.75) is 77.0 Å². The van der Waals surface area contributed by atoms with Gasteiger partial charge in [0.25, 0.3) is 0 Å². The van der Waals surface area contributed by atoms with E-state index in [1.807, 2.05) is 27.7 Å². The SMILES string of the molecule is Cc1nc(C2(N[C@H]3CCCN(C(=O)OC(C)(C)C)C3)CCC2)no1. The van der Waals surface area contributed by atoms with Crippen LogP contribution in [0.1, 0.15) is 64.6 Å². The van der Waals surface area contributed by atoms with Gasteiger partial charge in [0.1, 0.15) is 5.60 Å². The first-order chi connectivity index (χ1) is 11.3. The van der Waals surface area contributed by atoms with E-state index in [1.165, 1.54) is 0 Å². The van der Waals surface area contributed by atoms with E-state index in [9.17, 15) is 4.79 Å². The molecule has 1 amide bonds. The van der Waals surface area contributed by atoms with Gasteiger partial charge in [0.15, 0.2) is 5.82 Å². The highest BCUT2D eigenvalue weighted by atomic mass is 16.6. The van der Waals surface area contributed by atoms with Gasteiger partial charge in [-0.15, -0.1) is 0 Å². The Morgan fingerprint density at radius 1 is 1.38 bits per heavy atom. The molecule has 0 unspecified atom stereocenters. The quantitative estimate of drug-likeness (QED) is 0.914.